The summed E-state index contributed by atoms with van der Waals surface area (Å²) >= 11 is 0. The Morgan fingerprint density at radius 1 is 1.15 bits per heavy atom. The highest BCUT2D eigenvalue weighted by Crippen LogP contribution is 1.97. The zero-order valence-corrected chi connectivity index (χ0v) is 13.3. The second-order valence-corrected chi connectivity index (χ2v) is 4.18. The zero-order valence-electron chi connectivity index (χ0n) is 13.3. The van der Waals surface area contributed by atoms with Gasteiger partial charge in [0.2, 0.25) is 5.91 Å². The second kappa shape index (κ2) is 14.1. The van der Waals surface area contributed by atoms with Crippen molar-refractivity contribution >= 4 is 18.0 Å². The Labute approximate surface area is 122 Å². The lowest BCUT2D eigenvalue weighted by Gasteiger charge is -2.13. The number of ketones is 1. The number of hydrogen-bond donors (Lipinski definition) is 3. The Bertz CT molecular complexity index is 283. The lowest BCUT2D eigenvalue weighted by atomic mass is 10.1. The molecule has 6 heteroatoms. The maximum Gasteiger partial charge on any atom is 0.222 e. The molecule has 6 nitrogen and oxygen atoms in total. The molecule has 0 radical (unpaired) electrons. The molecule has 0 aromatic rings. The van der Waals surface area contributed by atoms with Crippen molar-refractivity contribution in [2.45, 2.75) is 52.1 Å². The number of aldehydes is 1. The van der Waals surface area contributed by atoms with Crippen LogP contribution in [0, 0.1) is 0 Å². The topological polar surface area (TPSA) is 87.3 Å². The summed E-state index contributed by atoms with van der Waals surface area (Å²) in [5, 5.41) is 8.38. The summed E-state index contributed by atoms with van der Waals surface area (Å²) in [6.07, 6.45) is 2.27. The summed E-state index contributed by atoms with van der Waals surface area (Å²) < 4.78 is 0. The van der Waals surface area contributed by atoms with Crippen LogP contribution in [-0.2, 0) is 14.4 Å². The van der Waals surface area contributed by atoms with E-state index < -0.39 is 6.04 Å². The monoisotopic (exact) mass is 287 g/mol. The molecular weight excluding hydrogens is 258 g/mol. The second-order valence-electron chi connectivity index (χ2n) is 4.18. The normalized spacial score (nSPS) is 12.7. The molecule has 0 aliphatic heterocycles. The van der Waals surface area contributed by atoms with Crippen molar-refractivity contribution in [2.75, 3.05) is 20.6 Å². The van der Waals surface area contributed by atoms with Gasteiger partial charge in [0.25, 0.3) is 0 Å². The highest BCUT2D eigenvalue weighted by atomic mass is 16.2. The molecule has 0 aliphatic rings. The maximum absolute atomic E-state index is 11.4. The SMILES string of the molecule is CC.CNC(C=O)CC(=O)NCCCC(NC)C(C)=O. The van der Waals surface area contributed by atoms with Crippen LogP contribution in [0.25, 0.3) is 0 Å². The summed E-state index contributed by atoms with van der Waals surface area (Å²) in [6.45, 7) is 6.06. The molecule has 2 atom stereocenters. The van der Waals surface area contributed by atoms with Crippen LogP contribution in [0.5, 0.6) is 0 Å². The number of hydrogen-bond acceptors (Lipinski definition) is 5. The standard InChI is InChI=1S/C12H23N3O3.C2H6/c1-9(17)11(14-3)5-4-6-15-12(18)7-10(8-16)13-2;1-2/h8,10-11,13-14H,4-7H2,1-3H3,(H,15,18);1-2H3. The van der Waals surface area contributed by atoms with Crippen molar-refractivity contribution in [2.24, 2.45) is 0 Å². The molecule has 0 bridgehead atoms. The molecule has 3 N–H and O–H groups in total. The third kappa shape index (κ3) is 10.6. The van der Waals surface area contributed by atoms with Gasteiger partial charge >= 0.3 is 0 Å². The Morgan fingerprint density at radius 2 is 1.75 bits per heavy atom. The molecule has 2 unspecified atom stereocenters. The molecule has 0 saturated heterocycles. The van der Waals surface area contributed by atoms with Crippen molar-refractivity contribution in [1.29, 1.82) is 0 Å². The average Bonchev–Trinajstić information content (AvgIpc) is 2.46. The zero-order chi connectivity index (χ0) is 16.0. The number of carbonyl (C=O) groups is 3. The molecular formula is C14H29N3O3. The van der Waals surface area contributed by atoms with Crippen LogP contribution in [0.4, 0.5) is 0 Å². The van der Waals surface area contributed by atoms with E-state index in [1.807, 2.05) is 13.8 Å². The molecule has 0 heterocycles. The third-order valence-electron chi connectivity index (χ3n) is 2.77. The summed E-state index contributed by atoms with van der Waals surface area (Å²) in [4.78, 5) is 33.1. The largest absolute Gasteiger partial charge is 0.356 e. The summed E-state index contributed by atoms with van der Waals surface area (Å²) in [6, 6.07) is -0.589. The van der Waals surface area contributed by atoms with E-state index in [9.17, 15) is 14.4 Å². The Balaban J connectivity index is 0. The van der Waals surface area contributed by atoms with E-state index in [-0.39, 0.29) is 24.2 Å². The molecule has 1 amide bonds. The van der Waals surface area contributed by atoms with Crippen LogP contribution in [0.1, 0.15) is 40.0 Å². The summed E-state index contributed by atoms with van der Waals surface area (Å²) in [7, 11) is 3.38. The Kier molecular flexibility index (Phi) is 14.9. The van der Waals surface area contributed by atoms with Gasteiger partial charge in [-0.15, -0.1) is 0 Å². The first kappa shape index (κ1) is 21.0. The number of Topliss-reactive ketones (excluding diaryl/α,β-unsaturated/α-hetero) is 1. The first-order chi connectivity index (χ1) is 9.54. The molecule has 0 saturated carbocycles. The first-order valence-corrected chi connectivity index (χ1v) is 7.12. The minimum absolute atomic E-state index is 0.0972. The van der Waals surface area contributed by atoms with Gasteiger partial charge in [0, 0.05) is 13.0 Å². The number of amides is 1. The third-order valence-corrected chi connectivity index (χ3v) is 2.77. The van der Waals surface area contributed by atoms with E-state index in [4.69, 9.17) is 0 Å². The van der Waals surface area contributed by atoms with Gasteiger partial charge in [-0.05, 0) is 33.9 Å². The van der Waals surface area contributed by atoms with Crippen LogP contribution < -0.4 is 16.0 Å². The highest BCUT2D eigenvalue weighted by Gasteiger charge is 2.12. The smallest absolute Gasteiger partial charge is 0.222 e. The van der Waals surface area contributed by atoms with Gasteiger partial charge < -0.3 is 20.7 Å². The quantitative estimate of drug-likeness (QED) is 0.396. The van der Waals surface area contributed by atoms with Gasteiger partial charge in [0.05, 0.1) is 12.1 Å². The Hall–Kier alpha value is -1.27. The highest BCUT2D eigenvalue weighted by molar-refractivity contribution is 5.81. The van der Waals surface area contributed by atoms with Crippen molar-refractivity contribution in [1.82, 2.24) is 16.0 Å². The first-order valence-electron chi connectivity index (χ1n) is 7.12. The van der Waals surface area contributed by atoms with E-state index in [2.05, 4.69) is 16.0 Å². The fraction of sp³-hybridized carbons (Fsp3) is 0.786. The van der Waals surface area contributed by atoms with Gasteiger partial charge in [0.15, 0.2) is 0 Å². The van der Waals surface area contributed by atoms with Crippen LogP contribution in [0.3, 0.4) is 0 Å². The van der Waals surface area contributed by atoms with Crippen molar-refractivity contribution in [3.05, 3.63) is 0 Å². The number of likely N-dealkylation sites (N-methyl/N-ethyl adjacent to an activating group) is 2. The molecule has 0 fully saturated rings. The van der Waals surface area contributed by atoms with Gasteiger partial charge in [-0.3, -0.25) is 9.59 Å². The fourth-order valence-electron chi connectivity index (χ4n) is 1.57. The predicted molar refractivity (Wildman–Crippen MR) is 80.6 cm³/mol. The number of carbonyl (C=O) groups excluding carboxylic acids is 3. The number of rotatable bonds is 10. The molecule has 0 aromatic carbocycles. The molecule has 118 valence electrons. The van der Waals surface area contributed by atoms with Crippen LogP contribution in [0.2, 0.25) is 0 Å². The van der Waals surface area contributed by atoms with E-state index in [1.165, 1.54) is 0 Å². The van der Waals surface area contributed by atoms with E-state index >= 15 is 0 Å². The summed E-state index contributed by atoms with van der Waals surface area (Å²) in [5.74, 6) is -0.0645. The van der Waals surface area contributed by atoms with Crippen molar-refractivity contribution in [3.8, 4) is 0 Å². The van der Waals surface area contributed by atoms with Gasteiger partial charge in [-0.2, -0.15) is 0 Å². The van der Waals surface area contributed by atoms with E-state index in [1.54, 1.807) is 21.0 Å². The van der Waals surface area contributed by atoms with Crippen molar-refractivity contribution in [3.63, 3.8) is 0 Å². The van der Waals surface area contributed by atoms with E-state index in [0.29, 0.717) is 19.3 Å². The van der Waals surface area contributed by atoms with Crippen LogP contribution >= 0.6 is 0 Å². The molecule has 0 spiro atoms. The lowest BCUT2D eigenvalue weighted by molar-refractivity contribution is -0.123. The summed E-state index contributed by atoms with van der Waals surface area (Å²) in [5.41, 5.74) is 0. The lowest BCUT2D eigenvalue weighted by Crippen LogP contribution is -2.36. The van der Waals surface area contributed by atoms with Gasteiger partial charge in [0.1, 0.15) is 12.1 Å². The minimum atomic E-state index is -0.438. The van der Waals surface area contributed by atoms with Gasteiger partial charge in [-0.1, -0.05) is 13.8 Å². The maximum atomic E-state index is 11.4. The number of nitrogens with one attached hydrogen (secondary N) is 3. The molecule has 20 heavy (non-hydrogen) atoms. The van der Waals surface area contributed by atoms with E-state index in [0.717, 1.165) is 6.42 Å². The Morgan fingerprint density at radius 3 is 2.15 bits per heavy atom. The van der Waals surface area contributed by atoms with Crippen molar-refractivity contribution < 1.29 is 14.4 Å². The van der Waals surface area contributed by atoms with Gasteiger partial charge in [-0.25, -0.2) is 0 Å². The van der Waals surface area contributed by atoms with Crippen LogP contribution in [0.15, 0.2) is 0 Å². The molecule has 0 aliphatic carbocycles. The van der Waals surface area contributed by atoms with Crippen LogP contribution in [-0.4, -0.2) is 50.7 Å². The predicted octanol–water partition coefficient (Wildman–Crippen LogP) is 0.263. The molecule has 0 aromatic heterocycles. The fourth-order valence-corrected chi connectivity index (χ4v) is 1.57. The minimum Gasteiger partial charge on any atom is -0.356 e. The molecule has 0 rings (SSSR count). The average molecular weight is 287 g/mol.